The number of amides is 1. The zero-order valence-electron chi connectivity index (χ0n) is 12.3. The molecular weight excluding hydrogens is 386 g/mol. The molecule has 24 heavy (non-hydrogen) atoms. The van der Waals surface area contributed by atoms with Gasteiger partial charge in [0.15, 0.2) is 0 Å². The summed E-state index contributed by atoms with van der Waals surface area (Å²) < 4.78 is 26.7. The Bertz CT molecular complexity index is 750. The predicted octanol–water partition coefficient (Wildman–Crippen LogP) is 2.48. The Kier molecular flexibility index (Phi) is 5.97. The molecule has 1 aromatic carbocycles. The molecule has 0 bridgehead atoms. The number of carboxylic acid groups (broad SMARTS) is 1. The van der Waals surface area contributed by atoms with Crippen molar-refractivity contribution in [1.82, 2.24) is 10.3 Å². The van der Waals surface area contributed by atoms with Crippen LogP contribution in [0.25, 0.3) is 0 Å². The van der Waals surface area contributed by atoms with Gasteiger partial charge in [-0.1, -0.05) is 6.07 Å². The smallest absolute Gasteiger partial charge is 0.326 e. The maximum absolute atomic E-state index is 13.1. The second-order valence-corrected chi connectivity index (χ2v) is 5.82. The average molecular weight is 399 g/mol. The van der Waals surface area contributed by atoms with Crippen LogP contribution in [0, 0.1) is 11.6 Å². The number of hydrogen-bond acceptors (Lipinski definition) is 3. The molecule has 2 aromatic rings. The number of aliphatic carboxylic acids is 1. The van der Waals surface area contributed by atoms with Crippen molar-refractivity contribution in [3.05, 3.63) is 63.9 Å². The van der Waals surface area contributed by atoms with Crippen LogP contribution < -0.4 is 5.32 Å². The summed E-state index contributed by atoms with van der Waals surface area (Å²) in [5, 5.41) is 11.6. The number of nitrogens with zero attached hydrogens (tertiary/aromatic N) is 1. The van der Waals surface area contributed by atoms with Crippen molar-refractivity contribution < 1.29 is 23.5 Å². The Morgan fingerprint density at radius 3 is 2.50 bits per heavy atom. The van der Waals surface area contributed by atoms with Crippen LogP contribution in [-0.4, -0.2) is 28.0 Å². The third-order valence-electron chi connectivity index (χ3n) is 3.18. The Morgan fingerprint density at radius 1 is 1.25 bits per heavy atom. The number of carbonyl (C=O) groups is 2. The number of rotatable bonds is 6. The van der Waals surface area contributed by atoms with Crippen molar-refractivity contribution in [3.8, 4) is 0 Å². The lowest BCUT2D eigenvalue weighted by atomic mass is 10.1. The van der Waals surface area contributed by atoms with E-state index in [4.69, 9.17) is 0 Å². The van der Waals surface area contributed by atoms with Gasteiger partial charge in [-0.05, 0) is 45.3 Å². The molecule has 0 fully saturated rings. The molecule has 5 nitrogen and oxygen atoms in total. The summed E-state index contributed by atoms with van der Waals surface area (Å²) >= 11 is 3.21. The first kappa shape index (κ1) is 18.0. The standard InChI is InChI=1S/C16H13BrF2N2O3/c17-15-10(2-1-3-20-15)7-13(16(23)24)21-14(22)6-9-4-11(18)8-12(19)5-9/h1-5,8,13H,6-7H2,(H,21,22)(H,23,24)/t13-/m0/s1. The Balaban J connectivity index is 2.06. The number of aromatic nitrogens is 1. The highest BCUT2D eigenvalue weighted by Gasteiger charge is 2.22. The van der Waals surface area contributed by atoms with Crippen LogP contribution in [0.1, 0.15) is 11.1 Å². The van der Waals surface area contributed by atoms with E-state index >= 15 is 0 Å². The lowest BCUT2D eigenvalue weighted by Gasteiger charge is -2.15. The van der Waals surface area contributed by atoms with Crippen molar-refractivity contribution in [2.75, 3.05) is 0 Å². The number of halogens is 3. The minimum absolute atomic E-state index is 0.0208. The van der Waals surface area contributed by atoms with Gasteiger partial charge >= 0.3 is 5.97 Å². The summed E-state index contributed by atoms with van der Waals surface area (Å²) in [6.07, 6.45) is 1.24. The first-order valence-electron chi connectivity index (χ1n) is 6.91. The van der Waals surface area contributed by atoms with Crippen molar-refractivity contribution in [3.63, 3.8) is 0 Å². The fourth-order valence-electron chi connectivity index (χ4n) is 2.14. The number of pyridine rings is 1. The zero-order valence-corrected chi connectivity index (χ0v) is 13.9. The molecule has 126 valence electrons. The highest BCUT2D eigenvalue weighted by molar-refractivity contribution is 9.10. The largest absolute Gasteiger partial charge is 0.480 e. The van der Waals surface area contributed by atoms with Crippen molar-refractivity contribution in [2.24, 2.45) is 0 Å². The number of hydrogen-bond donors (Lipinski definition) is 2. The zero-order chi connectivity index (χ0) is 17.7. The van der Waals surface area contributed by atoms with Gasteiger partial charge in [-0.3, -0.25) is 4.79 Å². The van der Waals surface area contributed by atoms with E-state index < -0.39 is 29.6 Å². The molecular formula is C16H13BrF2N2O3. The van der Waals surface area contributed by atoms with Crippen LogP contribution in [-0.2, 0) is 22.4 Å². The summed E-state index contributed by atoms with van der Waals surface area (Å²) in [6, 6.07) is 4.89. The lowest BCUT2D eigenvalue weighted by molar-refractivity contribution is -0.141. The molecule has 0 aliphatic heterocycles. The van der Waals surface area contributed by atoms with Crippen LogP contribution in [0.15, 0.2) is 41.1 Å². The molecule has 8 heteroatoms. The highest BCUT2D eigenvalue weighted by Crippen LogP contribution is 2.15. The molecule has 1 heterocycles. The van der Waals surface area contributed by atoms with Gasteiger partial charge < -0.3 is 10.4 Å². The molecule has 0 saturated carbocycles. The lowest BCUT2D eigenvalue weighted by Crippen LogP contribution is -2.43. The maximum Gasteiger partial charge on any atom is 0.326 e. The minimum Gasteiger partial charge on any atom is -0.480 e. The van der Waals surface area contributed by atoms with Gasteiger partial charge in [-0.15, -0.1) is 0 Å². The van der Waals surface area contributed by atoms with E-state index in [9.17, 15) is 23.5 Å². The average Bonchev–Trinajstić information content (AvgIpc) is 2.47. The molecule has 0 spiro atoms. The van der Waals surface area contributed by atoms with E-state index in [0.29, 0.717) is 16.2 Å². The first-order valence-corrected chi connectivity index (χ1v) is 7.71. The topological polar surface area (TPSA) is 79.3 Å². The summed E-state index contributed by atoms with van der Waals surface area (Å²) in [5.74, 6) is -3.46. The van der Waals surface area contributed by atoms with E-state index in [1.54, 1.807) is 18.3 Å². The second kappa shape index (κ2) is 7.96. The summed E-state index contributed by atoms with van der Waals surface area (Å²) in [7, 11) is 0. The van der Waals surface area contributed by atoms with Gasteiger partial charge in [0, 0.05) is 18.7 Å². The molecule has 1 atom stereocenters. The molecule has 1 aromatic heterocycles. The van der Waals surface area contributed by atoms with Gasteiger partial charge in [-0.2, -0.15) is 0 Å². The van der Waals surface area contributed by atoms with Crippen LogP contribution >= 0.6 is 15.9 Å². The fourth-order valence-corrected chi connectivity index (χ4v) is 2.55. The molecule has 2 N–H and O–H groups in total. The molecule has 0 aliphatic carbocycles. The molecule has 0 saturated heterocycles. The predicted molar refractivity (Wildman–Crippen MR) is 85.3 cm³/mol. The molecule has 0 radical (unpaired) electrons. The minimum atomic E-state index is -1.22. The van der Waals surface area contributed by atoms with E-state index in [1.807, 2.05) is 0 Å². The van der Waals surface area contributed by atoms with Gasteiger partial charge in [0.1, 0.15) is 22.3 Å². The maximum atomic E-state index is 13.1. The van der Waals surface area contributed by atoms with Gasteiger partial charge in [0.05, 0.1) is 6.42 Å². The number of benzene rings is 1. The van der Waals surface area contributed by atoms with E-state index in [0.717, 1.165) is 12.1 Å². The van der Waals surface area contributed by atoms with E-state index in [1.165, 1.54) is 0 Å². The van der Waals surface area contributed by atoms with Crippen molar-refractivity contribution in [2.45, 2.75) is 18.9 Å². The van der Waals surface area contributed by atoms with Crippen LogP contribution in [0.4, 0.5) is 8.78 Å². The van der Waals surface area contributed by atoms with Gasteiger partial charge in [-0.25, -0.2) is 18.6 Å². The van der Waals surface area contributed by atoms with E-state index in [-0.39, 0.29) is 18.4 Å². The highest BCUT2D eigenvalue weighted by atomic mass is 79.9. The summed E-state index contributed by atoms with van der Waals surface area (Å²) in [6.45, 7) is 0. The van der Waals surface area contributed by atoms with Crippen LogP contribution in [0.2, 0.25) is 0 Å². The van der Waals surface area contributed by atoms with E-state index in [2.05, 4.69) is 26.2 Å². The fraction of sp³-hybridized carbons (Fsp3) is 0.188. The molecule has 0 unspecified atom stereocenters. The third kappa shape index (κ3) is 5.09. The Labute approximate surface area is 144 Å². The molecule has 1 amide bonds. The first-order chi connectivity index (χ1) is 11.3. The Hall–Kier alpha value is -2.35. The van der Waals surface area contributed by atoms with Crippen molar-refractivity contribution >= 4 is 27.8 Å². The SMILES string of the molecule is O=C(Cc1cc(F)cc(F)c1)N[C@@H](Cc1cccnc1Br)C(=O)O. The van der Waals surface area contributed by atoms with Gasteiger partial charge in [0.25, 0.3) is 0 Å². The van der Waals surface area contributed by atoms with Crippen LogP contribution in [0.3, 0.4) is 0 Å². The quantitative estimate of drug-likeness (QED) is 0.732. The normalized spacial score (nSPS) is 11.8. The number of carboxylic acids is 1. The third-order valence-corrected chi connectivity index (χ3v) is 3.89. The van der Waals surface area contributed by atoms with Crippen LogP contribution in [0.5, 0.6) is 0 Å². The van der Waals surface area contributed by atoms with Gasteiger partial charge in [0.2, 0.25) is 5.91 Å². The molecule has 0 aliphatic rings. The Morgan fingerprint density at radius 2 is 1.92 bits per heavy atom. The summed E-state index contributed by atoms with van der Waals surface area (Å²) in [5.41, 5.74) is 0.735. The monoisotopic (exact) mass is 398 g/mol. The second-order valence-electron chi connectivity index (χ2n) is 5.07. The number of nitrogens with one attached hydrogen (secondary N) is 1. The molecule has 2 rings (SSSR count). The summed E-state index contributed by atoms with van der Waals surface area (Å²) in [4.78, 5) is 27.3. The van der Waals surface area contributed by atoms with Crippen molar-refractivity contribution in [1.29, 1.82) is 0 Å². The number of carbonyl (C=O) groups excluding carboxylic acids is 1.